The van der Waals surface area contributed by atoms with E-state index in [2.05, 4.69) is 46.6 Å². The summed E-state index contributed by atoms with van der Waals surface area (Å²) in [6.45, 7) is 16.0. The molecule has 0 amide bonds. The van der Waals surface area contributed by atoms with Gasteiger partial charge in [-0.25, -0.2) is 0 Å². The van der Waals surface area contributed by atoms with Gasteiger partial charge in [0.1, 0.15) is 0 Å². The van der Waals surface area contributed by atoms with Crippen molar-refractivity contribution in [2.45, 2.75) is 85.5 Å². The molecule has 148 valence electrons. The van der Waals surface area contributed by atoms with Crippen molar-refractivity contribution in [1.82, 2.24) is 5.32 Å². The van der Waals surface area contributed by atoms with Gasteiger partial charge < -0.3 is 5.32 Å². The predicted molar refractivity (Wildman–Crippen MR) is 112 cm³/mol. The predicted octanol–water partition coefficient (Wildman–Crippen LogP) is 6.45. The first kappa shape index (κ1) is 19.0. The third-order valence-electron chi connectivity index (χ3n) is 10.5. The van der Waals surface area contributed by atoms with Gasteiger partial charge in [-0.1, -0.05) is 46.3 Å². The fourth-order valence-corrected chi connectivity index (χ4v) is 8.96. The summed E-state index contributed by atoms with van der Waals surface area (Å²) in [6, 6.07) is 0. The van der Waals surface area contributed by atoms with E-state index in [0.29, 0.717) is 16.2 Å². The van der Waals surface area contributed by atoms with Gasteiger partial charge in [-0.05, 0) is 104 Å². The zero-order valence-corrected chi connectivity index (χ0v) is 18.2. The SMILES string of the molecule is C=C(CNC)C1CCC2C3CCC4(C)CC(C)CCC4(C)C3CCC12C. The Kier molecular flexibility index (Phi) is 4.66. The van der Waals surface area contributed by atoms with E-state index in [1.807, 2.05) is 0 Å². The fraction of sp³-hybridized carbons (Fsp3) is 0.920. The smallest absolute Gasteiger partial charge is 0.0161 e. The average Bonchev–Trinajstić information content (AvgIpc) is 2.93. The topological polar surface area (TPSA) is 12.0 Å². The highest BCUT2D eigenvalue weighted by Gasteiger charge is 2.63. The molecule has 0 saturated heterocycles. The van der Waals surface area contributed by atoms with Crippen molar-refractivity contribution in [3.63, 3.8) is 0 Å². The number of nitrogens with one attached hydrogen (secondary N) is 1. The van der Waals surface area contributed by atoms with Gasteiger partial charge in [0.05, 0.1) is 0 Å². The maximum atomic E-state index is 4.50. The van der Waals surface area contributed by atoms with E-state index in [1.54, 1.807) is 0 Å². The van der Waals surface area contributed by atoms with Crippen LogP contribution in [0.2, 0.25) is 0 Å². The molecule has 26 heavy (non-hydrogen) atoms. The Hall–Kier alpha value is -0.300. The lowest BCUT2D eigenvalue weighted by atomic mass is 9.40. The maximum Gasteiger partial charge on any atom is 0.0161 e. The molecule has 8 unspecified atom stereocenters. The van der Waals surface area contributed by atoms with Gasteiger partial charge in [0.2, 0.25) is 0 Å². The summed E-state index contributed by atoms with van der Waals surface area (Å²) < 4.78 is 0. The molecule has 4 rings (SSSR count). The Balaban J connectivity index is 1.60. The lowest BCUT2D eigenvalue weighted by Crippen LogP contribution is -2.57. The molecule has 0 aromatic heterocycles. The average molecular weight is 358 g/mol. The molecule has 1 N–H and O–H groups in total. The summed E-state index contributed by atoms with van der Waals surface area (Å²) in [5.41, 5.74) is 3.22. The normalized spacial score (nSPS) is 53.5. The van der Waals surface area contributed by atoms with Crippen LogP contribution < -0.4 is 5.32 Å². The molecule has 4 aliphatic carbocycles. The summed E-state index contributed by atoms with van der Waals surface area (Å²) >= 11 is 0. The van der Waals surface area contributed by atoms with E-state index in [-0.39, 0.29) is 0 Å². The zero-order chi connectivity index (χ0) is 18.7. The van der Waals surface area contributed by atoms with Crippen molar-refractivity contribution >= 4 is 0 Å². The van der Waals surface area contributed by atoms with Gasteiger partial charge in [-0.3, -0.25) is 0 Å². The van der Waals surface area contributed by atoms with E-state index >= 15 is 0 Å². The van der Waals surface area contributed by atoms with Crippen LogP contribution in [0.1, 0.15) is 85.5 Å². The van der Waals surface area contributed by atoms with Gasteiger partial charge in [-0.15, -0.1) is 0 Å². The van der Waals surface area contributed by atoms with Gasteiger partial charge in [0, 0.05) is 6.54 Å². The van der Waals surface area contributed by atoms with Crippen molar-refractivity contribution in [3.8, 4) is 0 Å². The molecule has 0 spiro atoms. The Morgan fingerprint density at radius 3 is 2.46 bits per heavy atom. The van der Waals surface area contributed by atoms with Crippen LogP contribution >= 0.6 is 0 Å². The van der Waals surface area contributed by atoms with Crippen LogP contribution in [0.3, 0.4) is 0 Å². The van der Waals surface area contributed by atoms with Crippen molar-refractivity contribution in [3.05, 3.63) is 12.2 Å². The quantitative estimate of drug-likeness (QED) is 0.572. The van der Waals surface area contributed by atoms with Crippen LogP contribution in [0.5, 0.6) is 0 Å². The molecule has 0 aromatic carbocycles. The molecular weight excluding hydrogens is 314 g/mol. The molecule has 4 aliphatic rings. The first-order valence-electron chi connectivity index (χ1n) is 11.6. The first-order valence-corrected chi connectivity index (χ1v) is 11.6. The van der Waals surface area contributed by atoms with Crippen molar-refractivity contribution < 1.29 is 0 Å². The highest BCUT2D eigenvalue weighted by atomic mass is 14.8. The van der Waals surface area contributed by atoms with Crippen LogP contribution in [0, 0.1) is 45.8 Å². The molecule has 1 nitrogen and oxygen atoms in total. The van der Waals surface area contributed by atoms with Crippen LogP contribution in [-0.4, -0.2) is 13.6 Å². The molecule has 0 heterocycles. The number of hydrogen-bond donors (Lipinski definition) is 1. The van der Waals surface area contributed by atoms with E-state index in [9.17, 15) is 0 Å². The lowest BCUT2D eigenvalue weighted by molar-refractivity contribution is -0.158. The van der Waals surface area contributed by atoms with E-state index in [0.717, 1.165) is 36.1 Å². The van der Waals surface area contributed by atoms with E-state index in [1.165, 1.54) is 63.4 Å². The number of fused-ring (bicyclic) bond motifs is 5. The highest BCUT2D eigenvalue weighted by molar-refractivity contribution is 5.18. The summed E-state index contributed by atoms with van der Waals surface area (Å²) in [7, 11) is 2.07. The van der Waals surface area contributed by atoms with Crippen LogP contribution in [0.25, 0.3) is 0 Å². The second-order valence-electron chi connectivity index (χ2n) is 11.6. The van der Waals surface area contributed by atoms with Crippen molar-refractivity contribution in [2.24, 2.45) is 45.8 Å². The monoisotopic (exact) mass is 357 g/mol. The number of hydrogen-bond acceptors (Lipinski definition) is 1. The first-order chi connectivity index (χ1) is 12.2. The van der Waals surface area contributed by atoms with Gasteiger partial charge in [-0.2, -0.15) is 0 Å². The lowest BCUT2D eigenvalue weighted by Gasteiger charge is -2.65. The second kappa shape index (κ2) is 6.36. The zero-order valence-electron chi connectivity index (χ0n) is 18.2. The van der Waals surface area contributed by atoms with Crippen molar-refractivity contribution in [2.75, 3.05) is 13.6 Å². The third kappa shape index (κ3) is 2.51. The minimum Gasteiger partial charge on any atom is -0.316 e. The Morgan fingerprint density at radius 2 is 1.73 bits per heavy atom. The molecular formula is C25H43N. The summed E-state index contributed by atoms with van der Waals surface area (Å²) in [5.74, 6) is 4.64. The third-order valence-corrected chi connectivity index (χ3v) is 10.5. The summed E-state index contributed by atoms with van der Waals surface area (Å²) in [4.78, 5) is 0. The molecule has 0 bridgehead atoms. The number of rotatable bonds is 3. The molecule has 4 saturated carbocycles. The standard InChI is InChI=1S/C25H43N/c1-17-9-14-25(5)22-11-13-24(4)20(18(2)16-26-6)7-8-21(24)19(22)10-12-23(25,3)15-17/h17,19-22,26H,2,7-16H2,1,3-6H3. The maximum absolute atomic E-state index is 4.50. The highest BCUT2D eigenvalue weighted by Crippen LogP contribution is 2.71. The molecule has 8 atom stereocenters. The molecule has 1 heteroatoms. The molecule has 0 aliphatic heterocycles. The summed E-state index contributed by atoms with van der Waals surface area (Å²) in [6.07, 6.45) is 13.2. The molecule has 0 aromatic rings. The van der Waals surface area contributed by atoms with Gasteiger partial charge in [0.25, 0.3) is 0 Å². The van der Waals surface area contributed by atoms with E-state index < -0.39 is 0 Å². The van der Waals surface area contributed by atoms with Gasteiger partial charge in [0.15, 0.2) is 0 Å². The van der Waals surface area contributed by atoms with Crippen LogP contribution in [-0.2, 0) is 0 Å². The minimum atomic E-state index is 0.529. The van der Waals surface area contributed by atoms with Crippen molar-refractivity contribution in [1.29, 1.82) is 0 Å². The largest absolute Gasteiger partial charge is 0.316 e. The molecule has 0 radical (unpaired) electrons. The van der Waals surface area contributed by atoms with Crippen LogP contribution in [0.4, 0.5) is 0 Å². The Morgan fingerprint density at radius 1 is 0.962 bits per heavy atom. The minimum absolute atomic E-state index is 0.529. The number of likely N-dealkylation sites (N-methyl/N-ethyl adjacent to an activating group) is 1. The Labute approximate surface area is 162 Å². The Bertz CT molecular complexity index is 567. The van der Waals surface area contributed by atoms with E-state index in [4.69, 9.17) is 0 Å². The van der Waals surface area contributed by atoms with Gasteiger partial charge >= 0.3 is 0 Å². The fourth-order valence-electron chi connectivity index (χ4n) is 8.96. The summed E-state index contributed by atoms with van der Waals surface area (Å²) in [5, 5.41) is 3.37. The second-order valence-corrected chi connectivity index (χ2v) is 11.6. The van der Waals surface area contributed by atoms with Crippen LogP contribution in [0.15, 0.2) is 12.2 Å². The molecule has 4 fully saturated rings.